The fraction of sp³-hybridized carbons (Fsp3) is 0.733. The fourth-order valence-electron chi connectivity index (χ4n) is 2.73. The standard InChI is InChI=1S/C15H25N3OS/c1-11(2)13-14(20-10-17-13)15(19)16-6-8-18-7-4-5-12(3)9-18/h10-12H,4-9H2,1-3H3,(H,16,19). The Hall–Kier alpha value is -0.940. The summed E-state index contributed by atoms with van der Waals surface area (Å²) >= 11 is 1.44. The second-order valence-electron chi connectivity index (χ2n) is 6.03. The normalized spacial score (nSPS) is 20.3. The molecule has 112 valence electrons. The van der Waals surface area contributed by atoms with E-state index in [4.69, 9.17) is 0 Å². The number of hydrogen-bond donors (Lipinski definition) is 1. The number of thiazole rings is 1. The molecule has 1 unspecified atom stereocenters. The molecule has 1 fully saturated rings. The average molecular weight is 295 g/mol. The van der Waals surface area contributed by atoms with Gasteiger partial charge in [-0.3, -0.25) is 4.79 Å². The molecule has 1 aliphatic rings. The largest absolute Gasteiger partial charge is 0.350 e. The zero-order valence-corrected chi connectivity index (χ0v) is 13.5. The highest BCUT2D eigenvalue weighted by molar-refractivity contribution is 7.11. The lowest BCUT2D eigenvalue weighted by molar-refractivity contribution is 0.0946. The molecule has 4 nitrogen and oxygen atoms in total. The smallest absolute Gasteiger partial charge is 0.263 e. The monoisotopic (exact) mass is 295 g/mol. The quantitative estimate of drug-likeness (QED) is 0.908. The first-order chi connectivity index (χ1) is 9.58. The second kappa shape index (κ2) is 7.18. The van der Waals surface area contributed by atoms with Gasteiger partial charge < -0.3 is 10.2 Å². The van der Waals surface area contributed by atoms with Crippen molar-refractivity contribution in [1.29, 1.82) is 0 Å². The number of amides is 1. The number of piperidine rings is 1. The number of nitrogens with one attached hydrogen (secondary N) is 1. The molecule has 2 rings (SSSR count). The van der Waals surface area contributed by atoms with Crippen LogP contribution in [0.25, 0.3) is 0 Å². The van der Waals surface area contributed by atoms with Crippen molar-refractivity contribution < 1.29 is 4.79 Å². The minimum absolute atomic E-state index is 0.0289. The summed E-state index contributed by atoms with van der Waals surface area (Å²) < 4.78 is 0. The average Bonchev–Trinajstić information content (AvgIpc) is 2.88. The minimum Gasteiger partial charge on any atom is -0.350 e. The molecule has 0 aromatic carbocycles. The van der Waals surface area contributed by atoms with Gasteiger partial charge in [0.25, 0.3) is 5.91 Å². The molecule has 0 spiro atoms. The summed E-state index contributed by atoms with van der Waals surface area (Å²) in [7, 11) is 0. The van der Waals surface area contributed by atoms with E-state index in [1.807, 2.05) is 0 Å². The maximum absolute atomic E-state index is 12.2. The zero-order chi connectivity index (χ0) is 14.5. The summed E-state index contributed by atoms with van der Waals surface area (Å²) in [5.74, 6) is 1.11. The molecular formula is C15H25N3OS. The third kappa shape index (κ3) is 4.03. The molecule has 1 N–H and O–H groups in total. The Kier molecular flexibility index (Phi) is 5.54. The zero-order valence-electron chi connectivity index (χ0n) is 12.7. The van der Waals surface area contributed by atoms with Gasteiger partial charge in [0.1, 0.15) is 4.88 Å². The predicted octanol–water partition coefficient (Wildman–Crippen LogP) is 2.73. The number of likely N-dealkylation sites (tertiary alicyclic amines) is 1. The van der Waals surface area contributed by atoms with Crippen LogP contribution in [-0.2, 0) is 0 Å². The Bertz CT molecular complexity index is 444. The molecule has 1 aromatic rings. The van der Waals surface area contributed by atoms with Gasteiger partial charge in [-0.1, -0.05) is 20.8 Å². The van der Waals surface area contributed by atoms with E-state index < -0.39 is 0 Å². The third-order valence-electron chi connectivity index (χ3n) is 3.80. The minimum atomic E-state index is 0.0289. The highest BCUT2D eigenvalue weighted by atomic mass is 32.1. The van der Waals surface area contributed by atoms with Crippen LogP contribution in [0.2, 0.25) is 0 Å². The number of rotatable bonds is 5. The van der Waals surface area contributed by atoms with Crippen molar-refractivity contribution in [3.63, 3.8) is 0 Å². The first-order valence-electron chi connectivity index (χ1n) is 7.52. The van der Waals surface area contributed by atoms with Gasteiger partial charge in [-0.05, 0) is 31.2 Å². The molecule has 5 heteroatoms. The predicted molar refractivity (Wildman–Crippen MR) is 83.4 cm³/mol. The van der Waals surface area contributed by atoms with E-state index in [1.54, 1.807) is 5.51 Å². The summed E-state index contributed by atoms with van der Waals surface area (Å²) in [6, 6.07) is 0. The molecule has 1 amide bonds. The molecule has 1 aliphatic heterocycles. The highest BCUT2D eigenvalue weighted by Crippen LogP contribution is 2.21. The van der Waals surface area contributed by atoms with Crippen molar-refractivity contribution >= 4 is 17.2 Å². The summed E-state index contributed by atoms with van der Waals surface area (Å²) in [6.45, 7) is 10.4. The van der Waals surface area contributed by atoms with Crippen LogP contribution in [0.3, 0.4) is 0 Å². The van der Waals surface area contributed by atoms with E-state index in [2.05, 4.69) is 36.0 Å². The first kappa shape index (κ1) is 15.4. The van der Waals surface area contributed by atoms with Gasteiger partial charge in [0.05, 0.1) is 11.2 Å². The van der Waals surface area contributed by atoms with Crippen molar-refractivity contribution in [2.24, 2.45) is 5.92 Å². The Morgan fingerprint density at radius 3 is 3.10 bits per heavy atom. The van der Waals surface area contributed by atoms with Crippen LogP contribution in [0.4, 0.5) is 0 Å². The molecule has 1 atom stereocenters. The van der Waals surface area contributed by atoms with E-state index in [9.17, 15) is 4.79 Å². The summed E-state index contributed by atoms with van der Waals surface area (Å²) in [4.78, 5) is 19.7. The van der Waals surface area contributed by atoms with Gasteiger partial charge in [-0.25, -0.2) is 4.98 Å². The Labute approximate surface area is 125 Å². The Balaban J connectivity index is 1.79. The number of carbonyl (C=O) groups is 1. The van der Waals surface area contributed by atoms with Crippen LogP contribution in [0.5, 0.6) is 0 Å². The molecule has 20 heavy (non-hydrogen) atoms. The topological polar surface area (TPSA) is 45.2 Å². The SMILES string of the molecule is CC1CCCN(CCNC(=O)c2scnc2C(C)C)C1. The van der Waals surface area contributed by atoms with E-state index in [-0.39, 0.29) is 5.91 Å². The van der Waals surface area contributed by atoms with Crippen molar-refractivity contribution in [1.82, 2.24) is 15.2 Å². The summed E-state index contributed by atoms with van der Waals surface area (Å²) in [6.07, 6.45) is 2.61. The van der Waals surface area contributed by atoms with Crippen LogP contribution in [0, 0.1) is 5.92 Å². The van der Waals surface area contributed by atoms with Crippen molar-refractivity contribution in [3.8, 4) is 0 Å². The van der Waals surface area contributed by atoms with Gasteiger partial charge in [0, 0.05) is 19.6 Å². The van der Waals surface area contributed by atoms with Crippen molar-refractivity contribution in [3.05, 3.63) is 16.1 Å². The number of nitrogens with zero attached hydrogens (tertiary/aromatic N) is 2. The molecule has 1 saturated heterocycles. The molecular weight excluding hydrogens is 270 g/mol. The Morgan fingerprint density at radius 2 is 2.40 bits per heavy atom. The van der Waals surface area contributed by atoms with Gasteiger partial charge >= 0.3 is 0 Å². The lowest BCUT2D eigenvalue weighted by Crippen LogP contribution is -2.40. The van der Waals surface area contributed by atoms with E-state index in [0.29, 0.717) is 5.92 Å². The van der Waals surface area contributed by atoms with E-state index >= 15 is 0 Å². The molecule has 0 aliphatic carbocycles. The number of aromatic nitrogens is 1. The van der Waals surface area contributed by atoms with Crippen molar-refractivity contribution in [2.45, 2.75) is 39.5 Å². The van der Waals surface area contributed by atoms with Gasteiger partial charge in [-0.2, -0.15) is 0 Å². The maximum Gasteiger partial charge on any atom is 0.263 e. The second-order valence-corrected chi connectivity index (χ2v) is 6.88. The molecule has 0 bridgehead atoms. The lowest BCUT2D eigenvalue weighted by atomic mass is 10.0. The van der Waals surface area contributed by atoms with Gasteiger partial charge in [0.15, 0.2) is 0 Å². The van der Waals surface area contributed by atoms with E-state index in [0.717, 1.165) is 42.7 Å². The Morgan fingerprint density at radius 1 is 1.60 bits per heavy atom. The molecule has 2 heterocycles. The van der Waals surface area contributed by atoms with Gasteiger partial charge in [-0.15, -0.1) is 11.3 Å². The molecule has 0 saturated carbocycles. The van der Waals surface area contributed by atoms with Crippen LogP contribution in [-0.4, -0.2) is 42.0 Å². The van der Waals surface area contributed by atoms with Crippen LogP contribution >= 0.6 is 11.3 Å². The third-order valence-corrected chi connectivity index (χ3v) is 4.64. The highest BCUT2D eigenvalue weighted by Gasteiger charge is 2.18. The lowest BCUT2D eigenvalue weighted by Gasteiger charge is -2.30. The molecule has 1 aromatic heterocycles. The van der Waals surface area contributed by atoms with Gasteiger partial charge in [0.2, 0.25) is 0 Å². The van der Waals surface area contributed by atoms with Crippen LogP contribution in [0.15, 0.2) is 5.51 Å². The summed E-state index contributed by atoms with van der Waals surface area (Å²) in [5.41, 5.74) is 2.68. The van der Waals surface area contributed by atoms with Crippen LogP contribution in [0.1, 0.15) is 54.9 Å². The number of carbonyl (C=O) groups excluding carboxylic acids is 1. The first-order valence-corrected chi connectivity index (χ1v) is 8.39. The summed E-state index contributed by atoms with van der Waals surface area (Å²) in [5, 5.41) is 3.03. The van der Waals surface area contributed by atoms with E-state index in [1.165, 1.54) is 24.2 Å². The number of hydrogen-bond acceptors (Lipinski definition) is 4. The van der Waals surface area contributed by atoms with Crippen LogP contribution < -0.4 is 5.32 Å². The molecule has 0 radical (unpaired) electrons. The van der Waals surface area contributed by atoms with Crippen molar-refractivity contribution in [2.75, 3.05) is 26.2 Å². The fourth-order valence-corrected chi connectivity index (χ4v) is 3.59. The maximum atomic E-state index is 12.2.